The number of anilines is 1. The SMILES string of the molecule is CC(O)c1ccc(N(C)CC2CCCOC2)cc1. The van der Waals surface area contributed by atoms with Crippen LogP contribution in [0.15, 0.2) is 24.3 Å². The van der Waals surface area contributed by atoms with Gasteiger partial charge in [0.25, 0.3) is 0 Å². The molecule has 1 N–H and O–H groups in total. The normalized spacial score (nSPS) is 21.6. The van der Waals surface area contributed by atoms with Gasteiger partial charge >= 0.3 is 0 Å². The lowest BCUT2D eigenvalue weighted by Gasteiger charge is -2.28. The third-order valence-electron chi connectivity index (χ3n) is 3.60. The zero-order chi connectivity index (χ0) is 13.0. The minimum absolute atomic E-state index is 0.392. The number of nitrogens with zero attached hydrogens (tertiary/aromatic N) is 1. The Balaban J connectivity index is 1.93. The van der Waals surface area contributed by atoms with Crippen molar-refractivity contribution in [3.8, 4) is 0 Å². The van der Waals surface area contributed by atoms with Gasteiger partial charge in [-0.15, -0.1) is 0 Å². The molecule has 2 atom stereocenters. The summed E-state index contributed by atoms with van der Waals surface area (Å²) in [4.78, 5) is 2.27. The van der Waals surface area contributed by atoms with Crippen LogP contribution in [0.2, 0.25) is 0 Å². The number of hydrogen-bond donors (Lipinski definition) is 1. The molecule has 0 aromatic heterocycles. The molecule has 1 aromatic rings. The second-order valence-electron chi connectivity index (χ2n) is 5.23. The molecule has 100 valence electrons. The van der Waals surface area contributed by atoms with Crippen molar-refractivity contribution in [2.45, 2.75) is 25.9 Å². The quantitative estimate of drug-likeness (QED) is 0.890. The summed E-state index contributed by atoms with van der Waals surface area (Å²) in [6.45, 7) is 4.63. The summed E-state index contributed by atoms with van der Waals surface area (Å²) in [7, 11) is 2.12. The Hall–Kier alpha value is -1.06. The maximum absolute atomic E-state index is 9.48. The highest BCUT2D eigenvalue weighted by atomic mass is 16.5. The van der Waals surface area contributed by atoms with Crippen LogP contribution < -0.4 is 4.90 Å². The van der Waals surface area contributed by atoms with E-state index in [9.17, 15) is 5.11 Å². The second kappa shape index (κ2) is 6.21. The summed E-state index contributed by atoms with van der Waals surface area (Å²) in [6.07, 6.45) is 2.05. The molecule has 0 aliphatic carbocycles. The van der Waals surface area contributed by atoms with E-state index in [4.69, 9.17) is 4.74 Å². The van der Waals surface area contributed by atoms with Crippen molar-refractivity contribution in [3.05, 3.63) is 29.8 Å². The molecule has 0 saturated carbocycles. The minimum atomic E-state index is -0.392. The average Bonchev–Trinajstić information content (AvgIpc) is 2.40. The Labute approximate surface area is 109 Å². The number of aliphatic hydroxyl groups is 1. The lowest BCUT2D eigenvalue weighted by molar-refractivity contribution is 0.0576. The standard InChI is InChI=1S/C15H23NO2/c1-12(17)14-5-7-15(8-6-14)16(2)10-13-4-3-9-18-11-13/h5-8,12-13,17H,3-4,9-11H2,1-2H3. The van der Waals surface area contributed by atoms with Crippen LogP contribution in [0, 0.1) is 5.92 Å². The van der Waals surface area contributed by atoms with E-state index in [0.29, 0.717) is 5.92 Å². The highest BCUT2D eigenvalue weighted by Crippen LogP contribution is 2.21. The number of benzene rings is 1. The predicted octanol–water partition coefficient (Wildman–Crippen LogP) is 2.60. The van der Waals surface area contributed by atoms with E-state index in [1.54, 1.807) is 6.92 Å². The molecule has 2 rings (SSSR count). The highest BCUT2D eigenvalue weighted by molar-refractivity contribution is 5.47. The Bertz CT molecular complexity index is 355. The maximum atomic E-state index is 9.48. The molecule has 1 aliphatic rings. The van der Waals surface area contributed by atoms with Gasteiger partial charge in [-0.3, -0.25) is 0 Å². The first kappa shape index (κ1) is 13.4. The van der Waals surface area contributed by atoms with Crippen LogP contribution in [-0.2, 0) is 4.74 Å². The van der Waals surface area contributed by atoms with Crippen LogP contribution in [0.3, 0.4) is 0 Å². The van der Waals surface area contributed by atoms with E-state index in [-0.39, 0.29) is 0 Å². The number of rotatable bonds is 4. The molecule has 0 amide bonds. The Morgan fingerprint density at radius 1 is 1.39 bits per heavy atom. The smallest absolute Gasteiger partial charge is 0.0761 e. The molecular weight excluding hydrogens is 226 g/mol. The van der Waals surface area contributed by atoms with E-state index in [2.05, 4.69) is 24.1 Å². The molecule has 1 aromatic carbocycles. The molecule has 3 nitrogen and oxygen atoms in total. The fourth-order valence-electron chi connectivity index (χ4n) is 2.45. The van der Waals surface area contributed by atoms with E-state index in [1.165, 1.54) is 18.5 Å². The largest absolute Gasteiger partial charge is 0.389 e. The Morgan fingerprint density at radius 2 is 2.11 bits per heavy atom. The number of ether oxygens (including phenoxy) is 1. The number of aliphatic hydroxyl groups excluding tert-OH is 1. The highest BCUT2D eigenvalue weighted by Gasteiger charge is 2.16. The van der Waals surface area contributed by atoms with Gasteiger partial charge in [0, 0.05) is 25.9 Å². The van der Waals surface area contributed by atoms with Crippen molar-refractivity contribution < 1.29 is 9.84 Å². The Kier molecular flexibility index (Phi) is 4.61. The van der Waals surface area contributed by atoms with Gasteiger partial charge in [-0.05, 0) is 43.4 Å². The summed E-state index contributed by atoms with van der Waals surface area (Å²) in [5, 5.41) is 9.48. The van der Waals surface area contributed by atoms with Gasteiger partial charge in [0.05, 0.1) is 12.7 Å². The summed E-state index contributed by atoms with van der Waals surface area (Å²) < 4.78 is 5.51. The lowest BCUT2D eigenvalue weighted by atomic mass is 10.0. The first-order valence-corrected chi connectivity index (χ1v) is 6.73. The van der Waals surface area contributed by atoms with Crippen LogP contribution >= 0.6 is 0 Å². The predicted molar refractivity (Wildman–Crippen MR) is 73.9 cm³/mol. The molecule has 1 heterocycles. The molecule has 0 radical (unpaired) electrons. The van der Waals surface area contributed by atoms with Gasteiger partial charge in [-0.25, -0.2) is 0 Å². The van der Waals surface area contributed by atoms with Crippen molar-refractivity contribution in [1.82, 2.24) is 0 Å². The van der Waals surface area contributed by atoms with Crippen LogP contribution in [0.4, 0.5) is 5.69 Å². The maximum Gasteiger partial charge on any atom is 0.0761 e. The molecule has 1 fully saturated rings. The van der Waals surface area contributed by atoms with Crippen molar-refractivity contribution in [1.29, 1.82) is 0 Å². The van der Waals surface area contributed by atoms with Crippen molar-refractivity contribution >= 4 is 5.69 Å². The van der Waals surface area contributed by atoms with Gasteiger partial charge in [0.1, 0.15) is 0 Å². The topological polar surface area (TPSA) is 32.7 Å². The molecule has 3 heteroatoms. The van der Waals surface area contributed by atoms with Crippen LogP contribution in [0.5, 0.6) is 0 Å². The summed E-state index contributed by atoms with van der Waals surface area (Å²) >= 11 is 0. The fraction of sp³-hybridized carbons (Fsp3) is 0.600. The molecule has 1 aliphatic heterocycles. The molecule has 0 bridgehead atoms. The van der Waals surface area contributed by atoms with Gasteiger partial charge < -0.3 is 14.7 Å². The zero-order valence-electron chi connectivity index (χ0n) is 11.3. The molecule has 0 spiro atoms. The molecular formula is C15H23NO2. The third kappa shape index (κ3) is 3.47. The molecule has 18 heavy (non-hydrogen) atoms. The minimum Gasteiger partial charge on any atom is -0.389 e. The van der Waals surface area contributed by atoms with Crippen LogP contribution in [-0.4, -0.2) is 31.9 Å². The lowest BCUT2D eigenvalue weighted by Crippen LogP contribution is -2.30. The van der Waals surface area contributed by atoms with E-state index in [0.717, 1.165) is 25.3 Å². The summed E-state index contributed by atoms with van der Waals surface area (Å²) in [5.41, 5.74) is 2.16. The van der Waals surface area contributed by atoms with Gasteiger partial charge in [0.15, 0.2) is 0 Å². The zero-order valence-corrected chi connectivity index (χ0v) is 11.3. The van der Waals surface area contributed by atoms with Gasteiger partial charge in [-0.1, -0.05) is 12.1 Å². The van der Waals surface area contributed by atoms with Crippen LogP contribution in [0.25, 0.3) is 0 Å². The van der Waals surface area contributed by atoms with Crippen molar-refractivity contribution in [3.63, 3.8) is 0 Å². The monoisotopic (exact) mass is 249 g/mol. The first-order valence-electron chi connectivity index (χ1n) is 6.73. The van der Waals surface area contributed by atoms with E-state index >= 15 is 0 Å². The van der Waals surface area contributed by atoms with Gasteiger partial charge in [0.2, 0.25) is 0 Å². The Morgan fingerprint density at radius 3 is 2.67 bits per heavy atom. The first-order chi connectivity index (χ1) is 8.66. The molecule has 2 unspecified atom stereocenters. The van der Waals surface area contributed by atoms with Gasteiger partial charge in [-0.2, -0.15) is 0 Å². The number of hydrogen-bond acceptors (Lipinski definition) is 3. The molecule has 1 saturated heterocycles. The van der Waals surface area contributed by atoms with E-state index < -0.39 is 6.10 Å². The van der Waals surface area contributed by atoms with Crippen molar-refractivity contribution in [2.24, 2.45) is 5.92 Å². The fourth-order valence-corrected chi connectivity index (χ4v) is 2.45. The van der Waals surface area contributed by atoms with Crippen molar-refractivity contribution in [2.75, 3.05) is 31.7 Å². The summed E-state index contributed by atoms with van der Waals surface area (Å²) in [5.74, 6) is 0.639. The second-order valence-corrected chi connectivity index (χ2v) is 5.23. The van der Waals surface area contributed by atoms with E-state index in [1.807, 2.05) is 12.1 Å². The average molecular weight is 249 g/mol. The summed E-state index contributed by atoms with van der Waals surface area (Å²) in [6, 6.07) is 8.14. The van der Waals surface area contributed by atoms with Crippen LogP contribution in [0.1, 0.15) is 31.4 Å². The third-order valence-corrected chi connectivity index (χ3v) is 3.60.